The van der Waals surface area contributed by atoms with Gasteiger partial charge in [-0.05, 0) is 19.4 Å². The lowest BCUT2D eigenvalue weighted by Gasteiger charge is -2.20. The van der Waals surface area contributed by atoms with Crippen molar-refractivity contribution in [1.29, 1.82) is 0 Å². The van der Waals surface area contributed by atoms with Gasteiger partial charge in [0.2, 0.25) is 10.0 Å². The molecule has 0 bridgehead atoms. The van der Waals surface area contributed by atoms with Crippen molar-refractivity contribution in [3.8, 4) is 0 Å². The van der Waals surface area contributed by atoms with Crippen LogP contribution in [0, 0.1) is 0 Å². The second-order valence-electron chi connectivity index (χ2n) is 4.18. The fourth-order valence-corrected chi connectivity index (χ4v) is 3.78. The zero-order valence-electron chi connectivity index (χ0n) is 10.0. The first-order valence-corrected chi connectivity index (χ1v) is 8.11. The zero-order valence-corrected chi connectivity index (χ0v) is 11.6. The number of alkyl halides is 1. The van der Waals surface area contributed by atoms with E-state index >= 15 is 0 Å². The van der Waals surface area contributed by atoms with Gasteiger partial charge in [0.05, 0.1) is 12.4 Å². The highest BCUT2D eigenvalue weighted by atomic mass is 35.5. The number of nitrogens with zero attached hydrogens (tertiary/aromatic N) is 2. The van der Waals surface area contributed by atoms with Gasteiger partial charge in [-0.15, -0.1) is 11.6 Å². The minimum absolute atomic E-state index is 0.124. The summed E-state index contributed by atoms with van der Waals surface area (Å²) in [5, 5.41) is 8.86. The normalized spacial score (nSPS) is 20.4. The molecule has 0 spiro atoms. The van der Waals surface area contributed by atoms with Gasteiger partial charge in [-0.3, -0.25) is 4.90 Å². The number of hydrogen-bond acceptors (Lipinski definition) is 4. The van der Waals surface area contributed by atoms with Crippen molar-refractivity contribution in [2.24, 2.45) is 0 Å². The van der Waals surface area contributed by atoms with E-state index in [1.54, 1.807) is 4.31 Å². The van der Waals surface area contributed by atoms with Crippen LogP contribution in [0.25, 0.3) is 0 Å². The molecule has 0 atom stereocenters. The lowest BCUT2D eigenvalue weighted by atomic mass is 10.4. The molecule has 0 amide bonds. The summed E-state index contributed by atoms with van der Waals surface area (Å²) in [6, 6.07) is 0. The van der Waals surface area contributed by atoms with Crippen LogP contribution in [-0.2, 0) is 10.0 Å². The summed E-state index contributed by atoms with van der Waals surface area (Å²) < 4.78 is 25.5. The van der Waals surface area contributed by atoms with Crippen LogP contribution in [0.1, 0.15) is 12.8 Å². The van der Waals surface area contributed by atoms with E-state index in [1.165, 1.54) is 0 Å². The number of halogens is 1. The van der Waals surface area contributed by atoms with Crippen LogP contribution in [0.4, 0.5) is 0 Å². The second kappa shape index (κ2) is 7.53. The van der Waals surface area contributed by atoms with Crippen LogP contribution in [0.15, 0.2) is 0 Å². The topological polar surface area (TPSA) is 60.9 Å². The van der Waals surface area contributed by atoms with Gasteiger partial charge in [-0.2, -0.15) is 0 Å². The Morgan fingerprint density at radius 3 is 2.59 bits per heavy atom. The van der Waals surface area contributed by atoms with Crippen LogP contribution >= 0.6 is 11.6 Å². The molecule has 0 aromatic rings. The third-order valence-electron chi connectivity index (χ3n) is 2.89. The molecule has 1 N–H and O–H groups in total. The summed E-state index contributed by atoms with van der Waals surface area (Å²) in [6.45, 7) is 3.38. The molecule has 1 aliphatic rings. The fraction of sp³-hybridized carbons (Fsp3) is 1.00. The smallest absolute Gasteiger partial charge is 0.214 e. The predicted octanol–water partition coefficient (Wildman–Crippen LogP) is -0.0549. The quantitative estimate of drug-likeness (QED) is 0.695. The standard InChI is InChI=1S/C10H21ClN2O3S/c11-3-1-10-17(15,16)13-5-2-4-12(6-7-13)8-9-14/h14H,1-10H2. The molecule has 17 heavy (non-hydrogen) atoms. The molecule has 7 heteroatoms. The van der Waals surface area contributed by atoms with Crippen LogP contribution < -0.4 is 0 Å². The van der Waals surface area contributed by atoms with E-state index < -0.39 is 10.0 Å². The highest BCUT2D eigenvalue weighted by Crippen LogP contribution is 2.09. The lowest BCUT2D eigenvalue weighted by Crippen LogP contribution is -2.37. The molecule has 102 valence electrons. The number of aliphatic hydroxyl groups is 1. The van der Waals surface area contributed by atoms with Crippen molar-refractivity contribution in [3.63, 3.8) is 0 Å². The molecule has 0 unspecified atom stereocenters. The van der Waals surface area contributed by atoms with Crippen LogP contribution in [-0.4, -0.2) is 73.7 Å². The Balaban J connectivity index is 2.50. The number of aliphatic hydroxyl groups excluding tert-OH is 1. The fourth-order valence-electron chi connectivity index (χ4n) is 1.96. The maximum Gasteiger partial charge on any atom is 0.214 e. The van der Waals surface area contributed by atoms with Crippen molar-refractivity contribution in [2.45, 2.75) is 12.8 Å². The minimum Gasteiger partial charge on any atom is -0.395 e. The number of β-amino-alcohol motifs (C(OH)–C–C–N with tert-alkyl or cyclic N) is 1. The first-order chi connectivity index (χ1) is 8.10. The molecule has 0 radical (unpaired) electrons. The van der Waals surface area contributed by atoms with Crippen LogP contribution in [0.3, 0.4) is 0 Å². The number of rotatable bonds is 6. The molecule has 0 aromatic carbocycles. The SMILES string of the molecule is O=S(=O)(CCCCl)N1CCCN(CCO)CC1. The number of sulfonamides is 1. The summed E-state index contributed by atoms with van der Waals surface area (Å²) in [7, 11) is -3.15. The van der Waals surface area contributed by atoms with Crippen LogP contribution in [0.2, 0.25) is 0 Å². The molecule has 0 aromatic heterocycles. The van der Waals surface area contributed by atoms with Gasteiger partial charge in [-0.25, -0.2) is 12.7 Å². The first-order valence-electron chi connectivity index (χ1n) is 5.97. The average molecular weight is 285 g/mol. The Morgan fingerprint density at radius 2 is 1.94 bits per heavy atom. The van der Waals surface area contributed by atoms with Crippen molar-refractivity contribution in [3.05, 3.63) is 0 Å². The van der Waals surface area contributed by atoms with Crippen molar-refractivity contribution >= 4 is 21.6 Å². The molecule has 1 rings (SSSR count). The molecular formula is C10H21ClN2O3S. The average Bonchev–Trinajstić information content (AvgIpc) is 2.53. The highest BCUT2D eigenvalue weighted by molar-refractivity contribution is 7.89. The maximum atomic E-state index is 12.0. The maximum absolute atomic E-state index is 12.0. The monoisotopic (exact) mass is 284 g/mol. The molecule has 0 aliphatic carbocycles. The first kappa shape index (κ1) is 15.2. The predicted molar refractivity (Wildman–Crippen MR) is 68.8 cm³/mol. The Labute approximate surface area is 108 Å². The van der Waals surface area contributed by atoms with Crippen molar-refractivity contribution in [2.75, 3.05) is 51.0 Å². The van der Waals surface area contributed by atoms with Crippen LogP contribution in [0.5, 0.6) is 0 Å². The summed E-state index contributed by atoms with van der Waals surface area (Å²) in [5.74, 6) is 0.514. The molecular weight excluding hydrogens is 264 g/mol. The summed E-state index contributed by atoms with van der Waals surface area (Å²) in [4.78, 5) is 2.09. The van der Waals surface area contributed by atoms with Crippen molar-refractivity contribution < 1.29 is 13.5 Å². The molecule has 1 saturated heterocycles. The van der Waals surface area contributed by atoms with E-state index in [-0.39, 0.29) is 12.4 Å². The molecule has 1 aliphatic heterocycles. The van der Waals surface area contributed by atoms with E-state index in [2.05, 4.69) is 4.90 Å². The Morgan fingerprint density at radius 1 is 1.18 bits per heavy atom. The Hall–Kier alpha value is 0.120. The molecule has 1 heterocycles. The Kier molecular flexibility index (Phi) is 6.72. The van der Waals surface area contributed by atoms with E-state index in [0.717, 1.165) is 13.0 Å². The van der Waals surface area contributed by atoms with Gasteiger partial charge in [0.1, 0.15) is 0 Å². The van der Waals surface area contributed by atoms with E-state index in [1.807, 2.05) is 0 Å². The summed E-state index contributed by atoms with van der Waals surface area (Å²) in [6.07, 6.45) is 1.32. The van der Waals surface area contributed by atoms with Gasteiger partial charge in [0.15, 0.2) is 0 Å². The van der Waals surface area contributed by atoms with Gasteiger partial charge in [-0.1, -0.05) is 0 Å². The van der Waals surface area contributed by atoms with Gasteiger partial charge in [0.25, 0.3) is 0 Å². The van der Waals surface area contributed by atoms with Gasteiger partial charge >= 0.3 is 0 Å². The van der Waals surface area contributed by atoms with Crippen molar-refractivity contribution in [1.82, 2.24) is 9.21 Å². The summed E-state index contributed by atoms with van der Waals surface area (Å²) >= 11 is 5.52. The lowest BCUT2D eigenvalue weighted by molar-refractivity contribution is 0.202. The molecule has 0 saturated carbocycles. The number of hydrogen-bond donors (Lipinski definition) is 1. The largest absolute Gasteiger partial charge is 0.395 e. The Bertz CT molecular complexity index is 311. The highest BCUT2D eigenvalue weighted by Gasteiger charge is 2.24. The summed E-state index contributed by atoms with van der Waals surface area (Å²) in [5.41, 5.74) is 0. The third kappa shape index (κ3) is 5.09. The van der Waals surface area contributed by atoms with E-state index in [0.29, 0.717) is 38.5 Å². The molecule has 1 fully saturated rings. The minimum atomic E-state index is -3.15. The van der Waals surface area contributed by atoms with Gasteiger partial charge < -0.3 is 5.11 Å². The van der Waals surface area contributed by atoms with E-state index in [9.17, 15) is 8.42 Å². The second-order valence-corrected chi connectivity index (χ2v) is 6.64. The zero-order chi connectivity index (χ0) is 12.7. The van der Waals surface area contributed by atoms with Gasteiger partial charge in [0, 0.05) is 32.1 Å². The molecule has 5 nitrogen and oxygen atoms in total. The third-order valence-corrected chi connectivity index (χ3v) is 5.12. The van der Waals surface area contributed by atoms with E-state index in [4.69, 9.17) is 16.7 Å².